The summed E-state index contributed by atoms with van der Waals surface area (Å²) < 4.78 is 0. The molecule has 0 bridgehead atoms. The summed E-state index contributed by atoms with van der Waals surface area (Å²) in [4.78, 5) is 16.2. The van der Waals surface area contributed by atoms with Gasteiger partial charge in [-0.1, -0.05) is 0 Å². The fourth-order valence-corrected chi connectivity index (χ4v) is 1.26. The Balaban J connectivity index is 2.82. The standard InChI is InChI=1S/C8H14N2O3/c1-8(4-11)3-6(7(12)13)9-5-10(8)2/h5-6,11H,3-4H2,1-2H3,(H,12,13). The Morgan fingerprint density at radius 1 is 1.85 bits per heavy atom. The van der Waals surface area contributed by atoms with E-state index in [2.05, 4.69) is 4.99 Å². The first-order valence-corrected chi connectivity index (χ1v) is 4.09. The van der Waals surface area contributed by atoms with Crippen LogP contribution in [-0.2, 0) is 4.79 Å². The lowest BCUT2D eigenvalue weighted by Gasteiger charge is -2.40. The molecular formula is C8H14N2O3. The third-order valence-corrected chi connectivity index (χ3v) is 2.53. The number of carbonyl (C=O) groups is 1. The smallest absolute Gasteiger partial charge is 0.328 e. The number of carboxylic acids is 1. The van der Waals surface area contributed by atoms with Gasteiger partial charge in [0.25, 0.3) is 0 Å². The summed E-state index contributed by atoms with van der Waals surface area (Å²) in [6.45, 7) is 1.74. The van der Waals surface area contributed by atoms with Crippen LogP contribution in [0.1, 0.15) is 13.3 Å². The first kappa shape index (κ1) is 9.98. The minimum absolute atomic E-state index is 0.0701. The molecule has 0 saturated heterocycles. The molecule has 74 valence electrons. The number of hydrogen-bond donors (Lipinski definition) is 2. The first-order chi connectivity index (χ1) is 5.99. The molecule has 1 heterocycles. The van der Waals surface area contributed by atoms with E-state index in [0.29, 0.717) is 6.42 Å². The highest BCUT2D eigenvalue weighted by molar-refractivity contribution is 5.77. The SMILES string of the molecule is CN1C=NC(C(=O)O)CC1(C)CO. The molecule has 0 aromatic heterocycles. The van der Waals surface area contributed by atoms with E-state index in [1.165, 1.54) is 6.34 Å². The predicted molar refractivity (Wildman–Crippen MR) is 47.8 cm³/mol. The minimum Gasteiger partial charge on any atom is -0.480 e. The van der Waals surface area contributed by atoms with Crippen molar-refractivity contribution in [1.29, 1.82) is 0 Å². The number of hydrogen-bond acceptors (Lipinski definition) is 4. The van der Waals surface area contributed by atoms with E-state index in [4.69, 9.17) is 10.2 Å². The Labute approximate surface area is 76.7 Å². The molecule has 5 heteroatoms. The molecule has 0 saturated carbocycles. The van der Waals surface area contributed by atoms with Gasteiger partial charge in [0.05, 0.1) is 18.5 Å². The summed E-state index contributed by atoms with van der Waals surface area (Å²) in [7, 11) is 1.78. The average molecular weight is 186 g/mol. The Kier molecular flexibility index (Phi) is 2.56. The summed E-state index contributed by atoms with van der Waals surface area (Å²) in [6, 6.07) is -0.728. The van der Waals surface area contributed by atoms with Gasteiger partial charge in [0.1, 0.15) is 0 Å². The Hall–Kier alpha value is -1.10. The molecule has 2 unspecified atom stereocenters. The van der Waals surface area contributed by atoms with Gasteiger partial charge in [-0.05, 0) is 6.92 Å². The van der Waals surface area contributed by atoms with Crippen LogP contribution in [0.4, 0.5) is 0 Å². The Morgan fingerprint density at radius 2 is 2.46 bits per heavy atom. The van der Waals surface area contributed by atoms with Crippen molar-refractivity contribution in [2.75, 3.05) is 13.7 Å². The van der Waals surface area contributed by atoms with E-state index in [0.717, 1.165) is 0 Å². The number of aliphatic carboxylic acids is 1. The van der Waals surface area contributed by atoms with Crippen LogP contribution >= 0.6 is 0 Å². The van der Waals surface area contributed by atoms with Crippen molar-refractivity contribution >= 4 is 12.3 Å². The summed E-state index contributed by atoms with van der Waals surface area (Å²) in [5.74, 6) is -0.941. The molecule has 1 aliphatic rings. The number of rotatable bonds is 2. The van der Waals surface area contributed by atoms with Crippen molar-refractivity contribution in [3.63, 3.8) is 0 Å². The number of likely N-dealkylation sites (N-methyl/N-ethyl adjacent to an activating group) is 1. The highest BCUT2D eigenvalue weighted by Crippen LogP contribution is 2.23. The summed E-state index contributed by atoms with van der Waals surface area (Å²) in [6.07, 6.45) is 1.81. The lowest BCUT2D eigenvalue weighted by Crippen LogP contribution is -2.52. The van der Waals surface area contributed by atoms with Crippen molar-refractivity contribution in [3.05, 3.63) is 0 Å². The molecule has 5 nitrogen and oxygen atoms in total. The zero-order chi connectivity index (χ0) is 10.1. The van der Waals surface area contributed by atoms with E-state index < -0.39 is 17.6 Å². The fraction of sp³-hybridized carbons (Fsp3) is 0.750. The van der Waals surface area contributed by atoms with Gasteiger partial charge >= 0.3 is 5.97 Å². The molecule has 2 N–H and O–H groups in total. The van der Waals surface area contributed by atoms with Crippen LogP contribution in [0.2, 0.25) is 0 Å². The van der Waals surface area contributed by atoms with E-state index in [1.807, 2.05) is 6.92 Å². The Bertz CT molecular complexity index is 242. The summed E-state index contributed by atoms with van der Waals surface area (Å²) in [5.41, 5.74) is -0.509. The highest BCUT2D eigenvalue weighted by atomic mass is 16.4. The lowest BCUT2D eigenvalue weighted by molar-refractivity contribution is -0.139. The highest BCUT2D eigenvalue weighted by Gasteiger charge is 2.36. The summed E-state index contributed by atoms with van der Waals surface area (Å²) in [5, 5.41) is 17.9. The maximum atomic E-state index is 10.7. The molecule has 0 amide bonds. The van der Waals surface area contributed by atoms with E-state index >= 15 is 0 Å². The van der Waals surface area contributed by atoms with Crippen LogP contribution < -0.4 is 0 Å². The normalized spacial score (nSPS) is 33.5. The van der Waals surface area contributed by atoms with E-state index in [9.17, 15) is 4.79 Å². The van der Waals surface area contributed by atoms with Crippen molar-refractivity contribution in [3.8, 4) is 0 Å². The number of aliphatic hydroxyl groups excluding tert-OH is 1. The van der Waals surface area contributed by atoms with Crippen LogP contribution in [0.15, 0.2) is 4.99 Å². The first-order valence-electron chi connectivity index (χ1n) is 4.09. The largest absolute Gasteiger partial charge is 0.480 e. The van der Waals surface area contributed by atoms with Crippen molar-refractivity contribution < 1.29 is 15.0 Å². The minimum atomic E-state index is -0.941. The van der Waals surface area contributed by atoms with E-state index in [1.54, 1.807) is 11.9 Å². The van der Waals surface area contributed by atoms with Crippen LogP contribution in [0.5, 0.6) is 0 Å². The maximum Gasteiger partial charge on any atom is 0.328 e. The number of carboxylic acid groups (broad SMARTS) is 1. The number of nitrogens with zero attached hydrogens (tertiary/aromatic N) is 2. The molecule has 1 rings (SSSR count). The van der Waals surface area contributed by atoms with Crippen LogP contribution in [0.25, 0.3) is 0 Å². The van der Waals surface area contributed by atoms with E-state index in [-0.39, 0.29) is 6.61 Å². The van der Waals surface area contributed by atoms with Crippen LogP contribution in [0, 0.1) is 0 Å². The van der Waals surface area contributed by atoms with Gasteiger partial charge in [0.2, 0.25) is 0 Å². The monoisotopic (exact) mass is 186 g/mol. The molecule has 1 aliphatic heterocycles. The molecule has 0 aromatic carbocycles. The number of aliphatic hydroxyl groups is 1. The van der Waals surface area contributed by atoms with Gasteiger partial charge in [-0.2, -0.15) is 0 Å². The third kappa shape index (κ3) is 1.80. The summed E-state index contributed by atoms with van der Waals surface area (Å²) >= 11 is 0. The topological polar surface area (TPSA) is 73.1 Å². The van der Waals surface area contributed by atoms with Crippen molar-refractivity contribution in [2.45, 2.75) is 24.9 Å². The molecule has 0 spiro atoms. The second-order valence-corrected chi connectivity index (χ2v) is 3.59. The van der Waals surface area contributed by atoms with Crippen molar-refractivity contribution in [2.24, 2.45) is 4.99 Å². The van der Waals surface area contributed by atoms with Gasteiger partial charge < -0.3 is 15.1 Å². The predicted octanol–water partition coefficient (Wildman–Crippen LogP) is -0.446. The van der Waals surface area contributed by atoms with Crippen LogP contribution in [-0.4, -0.2) is 52.7 Å². The third-order valence-electron chi connectivity index (χ3n) is 2.53. The number of aliphatic imine (C=N–C) groups is 1. The van der Waals surface area contributed by atoms with Gasteiger partial charge in [-0.15, -0.1) is 0 Å². The van der Waals surface area contributed by atoms with Gasteiger partial charge in [0, 0.05) is 13.5 Å². The quantitative estimate of drug-likeness (QED) is 0.613. The van der Waals surface area contributed by atoms with Gasteiger partial charge in [0.15, 0.2) is 6.04 Å². The fourth-order valence-electron chi connectivity index (χ4n) is 1.26. The zero-order valence-electron chi connectivity index (χ0n) is 7.77. The lowest BCUT2D eigenvalue weighted by atomic mass is 9.91. The van der Waals surface area contributed by atoms with Crippen molar-refractivity contribution in [1.82, 2.24) is 4.90 Å². The van der Waals surface area contributed by atoms with Gasteiger partial charge in [-0.3, -0.25) is 4.99 Å². The molecule has 0 aliphatic carbocycles. The Morgan fingerprint density at radius 3 is 2.92 bits per heavy atom. The van der Waals surface area contributed by atoms with Crippen LogP contribution in [0.3, 0.4) is 0 Å². The molecule has 2 atom stereocenters. The second-order valence-electron chi connectivity index (χ2n) is 3.59. The molecule has 0 aromatic rings. The molecule has 0 radical (unpaired) electrons. The molecular weight excluding hydrogens is 172 g/mol. The maximum absolute atomic E-state index is 10.7. The average Bonchev–Trinajstić information content (AvgIpc) is 2.09. The van der Waals surface area contributed by atoms with Gasteiger partial charge in [-0.25, -0.2) is 4.79 Å². The molecule has 0 fully saturated rings. The zero-order valence-corrected chi connectivity index (χ0v) is 7.77. The molecule has 13 heavy (non-hydrogen) atoms. The second kappa shape index (κ2) is 3.33.